The lowest BCUT2D eigenvalue weighted by Crippen LogP contribution is -2.42. The van der Waals surface area contributed by atoms with Crippen molar-refractivity contribution in [1.29, 1.82) is 0 Å². The van der Waals surface area contributed by atoms with E-state index in [9.17, 15) is 24.6 Å². The Kier molecular flexibility index (Phi) is 5.92. The van der Waals surface area contributed by atoms with Gasteiger partial charge in [0.15, 0.2) is 11.9 Å². The van der Waals surface area contributed by atoms with E-state index in [1.54, 1.807) is 20.8 Å². The minimum atomic E-state index is -1.93. The maximum atomic E-state index is 12.5. The van der Waals surface area contributed by atoms with Crippen LogP contribution in [0.1, 0.15) is 49.7 Å². The number of hydrogen-bond acceptors (Lipinski definition) is 6. The monoisotopic (exact) mass is 339 g/mol. The van der Waals surface area contributed by atoms with Gasteiger partial charge in [-0.15, -0.1) is 0 Å². The number of phenolic OH excluding ortho intramolecular Hbond substituents is 1. The standard InChI is InChI=1S/C16H21NO7/c1-8(17-15(23)24-16(2,3)4)12(19)11-7-9(18)5-6-10(11)13(20)14(21)22/h5-8,13,18,20H,1-4H3,(H,17,23)(H,21,22)/t8-,13?/m0/s1. The number of aromatic hydroxyl groups is 1. The first-order valence-corrected chi connectivity index (χ1v) is 7.20. The molecule has 0 spiro atoms. The average Bonchev–Trinajstić information content (AvgIpc) is 2.43. The number of Topliss-reactive ketones (excluding diaryl/α,β-unsaturated/α-hetero) is 1. The van der Waals surface area contributed by atoms with E-state index in [0.29, 0.717) is 0 Å². The Balaban J connectivity index is 3.03. The maximum absolute atomic E-state index is 12.5. The molecule has 0 aliphatic heterocycles. The van der Waals surface area contributed by atoms with Crippen molar-refractivity contribution in [2.45, 2.75) is 45.4 Å². The zero-order valence-corrected chi connectivity index (χ0v) is 13.9. The molecule has 0 fully saturated rings. The molecule has 0 bridgehead atoms. The Morgan fingerprint density at radius 2 is 1.79 bits per heavy atom. The van der Waals surface area contributed by atoms with E-state index in [1.807, 2.05) is 0 Å². The largest absolute Gasteiger partial charge is 0.508 e. The number of hydrogen-bond donors (Lipinski definition) is 4. The van der Waals surface area contributed by atoms with Crippen molar-refractivity contribution in [1.82, 2.24) is 5.32 Å². The summed E-state index contributed by atoms with van der Waals surface area (Å²) in [5.74, 6) is -2.49. The fraction of sp³-hybridized carbons (Fsp3) is 0.438. The van der Waals surface area contributed by atoms with Crippen LogP contribution in [0.4, 0.5) is 4.79 Å². The summed E-state index contributed by atoms with van der Waals surface area (Å²) in [5.41, 5.74) is -1.13. The lowest BCUT2D eigenvalue weighted by atomic mass is 9.95. The average molecular weight is 339 g/mol. The summed E-state index contributed by atoms with van der Waals surface area (Å²) < 4.78 is 5.04. The van der Waals surface area contributed by atoms with Crippen LogP contribution in [0.15, 0.2) is 18.2 Å². The van der Waals surface area contributed by atoms with Gasteiger partial charge in [0.05, 0.1) is 6.04 Å². The first kappa shape index (κ1) is 19.4. The van der Waals surface area contributed by atoms with E-state index >= 15 is 0 Å². The van der Waals surface area contributed by atoms with Crippen molar-refractivity contribution in [2.24, 2.45) is 0 Å². The van der Waals surface area contributed by atoms with Crippen molar-refractivity contribution < 1.29 is 34.4 Å². The van der Waals surface area contributed by atoms with Gasteiger partial charge in [-0.1, -0.05) is 6.07 Å². The van der Waals surface area contributed by atoms with Crippen molar-refractivity contribution in [3.63, 3.8) is 0 Å². The highest BCUT2D eigenvalue weighted by molar-refractivity contribution is 6.03. The quantitative estimate of drug-likeness (QED) is 0.599. The molecule has 1 aromatic rings. The summed E-state index contributed by atoms with van der Waals surface area (Å²) in [5, 5.41) is 30.5. The van der Waals surface area contributed by atoms with Gasteiger partial charge in [0.2, 0.25) is 0 Å². The minimum absolute atomic E-state index is 0.178. The minimum Gasteiger partial charge on any atom is -0.508 e. The van der Waals surface area contributed by atoms with Crippen LogP contribution in [0.5, 0.6) is 5.75 Å². The molecule has 4 N–H and O–H groups in total. The second-order valence-corrected chi connectivity index (χ2v) is 6.24. The van der Waals surface area contributed by atoms with E-state index in [1.165, 1.54) is 6.92 Å². The normalized spacial score (nSPS) is 13.7. The fourth-order valence-corrected chi connectivity index (χ4v) is 1.91. The number of rotatable bonds is 5. The van der Waals surface area contributed by atoms with Crippen LogP contribution in [0, 0.1) is 0 Å². The van der Waals surface area contributed by atoms with Gasteiger partial charge in [0, 0.05) is 11.1 Å². The van der Waals surface area contributed by atoms with Crippen LogP contribution in [0.3, 0.4) is 0 Å². The number of nitrogens with one attached hydrogen (secondary N) is 1. The summed E-state index contributed by atoms with van der Waals surface area (Å²) in [6.45, 7) is 6.37. The van der Waals surface area contributed by atoms with Gasteiger partial charge in [-0.3, -0.25) is 4.79 Å². The Morgan fingerprint density at radius 1 is 1.21 bits per heavy atom. The Hall–Kier alpha value is -2.61. The predicted octanol–water partition coefficient (Wildman–Crippen LogP) is 1.61. The molecule has 24 heavy (non-hydrogen) atoms. The summed E-state index contributed by atoms with van der Waals surface area (Å²) in [7, 11) is 0. The molecule has 0 aliphatic carbocycles. The highest BCUT2D eigenvalue weighted by Gasteiger charge is 2.27. The molecular formula is C16H21NO7. The lowest BCUT2D eigenvalue weighted by molar-refractivity contribution is -0.146. The molecular weight excluding hydrogens is 318 g/mol. The first-order valence-electron chi connectivity index (χ1n) is 7.20. The van der Waals surface area contributed by atoms with Gasteiger partial charge < -0.3 is 25.4 Å². The molecule has 2 atom stereocenters. The molecule has 0 saturated carbocycles. The maximum Gasteiger partial charge on any atom is 0.408 e. The lowest BCUT2D eigenvalue weighted by Gasteiger charge is -2.22. The molecule has 0 radical (unpaired) electrons. The number of carboxylic acids is 1. The zero-order chi connectivity index (χ0) is 18.7. The van der Waals surface area contributed by atoms with Crippen LogP contribution in [-0.4, -0.2) is 44.8 Å². The highest BCUT2D eigenvalue weighted by atomic mass is 16.6. The second kappa shape index (κ2) is 7.31. The van der Waals surface area contributed by atoms with Crippen molar-refractivity contribution in [3.05, 3.63) is 29.3 Å². The SMILES string of the molecule is C[C@H](NC(=O)OC(C)(C)C)C(=O)c1cc(O)ccc1C(O)C(=O)O. The number of ether oxygens (including phenoxy) is 1. The van der Waals surface area contributed by atoms with Crippen LogP contribution in [0.2, 0.25) is 0 Å². The van der Waals surface area contributed by atoms with Crippen LogP contribution >= 0.6 is 0 Å². The summed E-state index contributed by atoms with van der Waals surface area (Å²) in [6.07, 6.45) is -2.75. The number of alkyl carbamates (subject to hydrolysis) is 1. The number of carbonyl (C=O) groups is 3. The van der Waals surface area contributed by atoms with Crippen LogP contribution in [0.25, 0.3) is 0 Å². The highest BCUT2D eigenvalue weighted by Crippen LogP contribution is 2.24. The topological polar surface area (TPSA) is 133 Å². The fourth-order valence-electron chi connectivity index (χ4n) is 1.91. The number of amides is 1. The second-order valence-electron chi connectivity index (χ2n) is 6.24. The molecule has 1 rings (SSSR count). The van der Waals surface area contributed by atoms with Gasteiger partial charge in [-0.05, 0) is 39.8 Å². The predicted molar refractivity (Wildman–Crippen MR) is 83.9 cm³/mol. The summed E-state index contributed by atoms with van der Waals surface area (Å²) >= 11 is 0. The van der Waals surface area contributed by atoms with Gasteiger partial charge in [0.25, 0.3) is 0 Å². The molecule has 1 unspecified atom stereocenters. The van der Waals surface area contributed by atoms with E-state index in [2.05, 4.69) is 5.32 Å². The van der Waals surface area contributed by atoms with Gasteiger partial charge in [-0.2, -0.15) is 0 Å². The molecule has 0 aromatic heterocycles. The Bertz CT molecular complexity index is 648. The third-order valence-corrected chi connectivity index (χ3v) is 2.96. The molecule has 132 valence electrons. The smallest absolute Gasteiger partial charge is 0.408 e. The number of carboxylic acid groups (broad SMARTS) is 1. The number of aliphatic carboxylic acids is 1. The number of phenols is 1. The number of benzene rings is 1. The third kappa shape index (κ3) is 5.24. The number of aliphatic hydroxyl groups is 1. The molecule has 8 nitrogen and oxygen atoms in total. The Morgan fingerprint density at radius 3 is 2.29 bits per heavy atom. The first-order chi connectivity index (χ1) is 10.9. The summed E-state index contributed by atoms with van der Waals surface area (Å²) in [6, 6.07) is 2.28. The number of ketones is 1. The van der Waals surface area contributed by atoms with E-state index in [0.717, 1.165) is 18.2 Å². The van der Waals surface area contributed by atoms with Crippen molar-refractivity contribution in [3.8, 4) is 5.75 Å². The van der Waals surface area contributed by atoms with Gasteiger partial charge in [-0.25, -0.2) is 9.59 Å². The van der Waals surface area contributed by atoms with E-state index < -0.39 is 35.6 Å². The van der Waals surface area contributed by atoms with Crippen molar-refractivity contribution >= 4 is 17.8 Å². The molecule has 1 aromatic carbocycles. The summed E-state index contributed by atoms with van der Waals surface area (Å²) in [4.78, 5) is 35.1. The number of carbonyl (C=O) groups excluding carboxylic acids is 2. The molecule has 8 heteroatoms. The van der Waals surface area contributed by atoms with E-state index in [-0.39, 0.29) is 16.9 Å². The number of aliphatic hydroxyl groups excluding tert-OH is 1. The van der Waals surface area contributed by atoms with Gasteiger partial charge >= 0.3 is 12.1 Å². The van der Waals surface area contributed by atoms with Crippen molar-refractivity contribution in [2.75, 3.05) is 0 Å². The molecule has 0 heterocycles. The van der Waals surface area contributed by atoms with Crippen LogP contribution in [-0.2, 0) is 9.53 Å². The van der Waals surface area contributed by atoms with Crippen LogP contribution < -0.4 is 5.32 Å². The third-order valence-electron chi connectivity index (χ3n) is 2.96. The van der Waals surface area contributed by atoms with Gasteiger partial charge in [0.1, 0.15) is 11.4 Å². The Labute approximate surface area is 139 Å². The molecule has 1 amide bonds. The molecule has 0 aliphatic rings. The van der Waals surface area contributed by atoms with E-state index in [4.69, 9.17) is 9.84 Å². The molecule has 0 saturated heterocycles. The zero-order valence-electron chi connectivity index (χ0n) is 13.9.